The molecule has 5 heteroatoms. The molecule has 1 rings (SSSR count). The van der Waals surface area contributed by atoms with Gasteiger partial charge in [-0.1, -0.05) is 11.6 Å². The topological polar surface area (TPSA) is 54.3 Å². The lowest BCUT2D eigenvalue weighted by molar-refractivity contribution is 0.0691. The van der Waals surface area contributed by atoms with Crippen LogP contribution in [0, 0.1) is 11.3 Å². The summed E-state index contributed by atoms with van der Waals surface area (Å²) in [6.45, 7) is 2.90. The molecule has 1 aromatic rings. The van der Waals surface area contributed by atoms with Crippen LogP contribution in [-0.4, -0.2) is 33.5 Å². The Morgan fingerprint density at radius 3 is 2.79 bits per heavy atom. The zero-order chi connectivity index (χ0) is 13.9. The van der Waals surface area contributed by atoms with Crippen LogP contribution in [0.5, 0.6) is 0 Å². The molecular formula is C14H19ClN2O2. The van der Waals surface area contributed by atoms with Crippen LogP contribution in [-0.2, 0) is 9.47 Å². The first-order valence-electron chi connectivity index (χ1n) is 6.28. The minimum atomic E-state index is 0.482. The number of methoxy groups -OCH3 is 1. The van der Waals surface area contributed by atoms with Crippen molar-refractivity contribution < 1.29 is 9.47 Å². The van der Waals surface area contributed by atoms with E-state index in [-0.39, 0.29) is 0 Å². The monoisotopic (exact) mass is 282 g/mol. The fourth-order valence-electron chi connectivity index (χ4n) is 1.52. The average Bonchev–Trinajstić information content (AvgIpc) is 2.42. The lowest BCUT2D eigenvalue weighted by Crippen LogP contribution is -2.06. The van der Waals surface area contributed by atoms with Gasteiger partial charge < -0.3 is 14.8 Å². The summed E-state index contributed by atoms with van der Waals surface area (Å²) in [5, 5.41) is 12.5. The Kier molecular flexibility index (Phi) is 7.99. The zero-order valence-corrected chi connectivity index (χ0v) is 11.9. The average molecular weight is 283 g/mol. The summed E-state index contributed by atoms with van der Waals surface area (Å²) >= 11 is 5.95. The molecule has 0 fully saturated rings. The summed E-state index contributed by atoms with van der Waals surface area (Å²) in [6, 6.07) is 7.39. The number of nitriles is 1. The smallest absolute Gasteiger partial charge is 0.101 e. The quantitative estimate of drug-likeness (QED) is 0.707. The van der Waals surface area contributed by atoms with Gasteiger partial charge in [0.15, 0.2) is 0 Å². The third kappa shape index (κ3) is 6.44. The van der Waals surface area contributed by atoms with Crippen molar-refractivity contribution in [3.63, 3.8) is 0 Å². The lowest BCUT2D eigenvalue weighted by Gasteiger charge is -2.07. The maximum atomic E-state index is 8.77. The summed E-state index contributed by atoms with van der Waals surface area (Å²) < 4.78 is 10.3. The van der Waals surface area contributed by atoms with E-state index in [1.54, 1.807) is 19.2 Å². The molecule has 0 amide bonds. The summed E-state index contributed by atoms with van der Waals surface area (Å²) in [4.78, 5) is 0. The zero-order valence-electron chi connectivity index (χ0n) is 11.1. The van der Waals surface area contributed by atoms with E-state index in [1.807, 2.05) is 12.1 Å². The van der Waals surface area contributed by atoms with Gasteiger partial charge in [-0.2, -0.15) is 5.26 Å². The van der Waals surface area contributed by atoms with Crippen LogP contribution in [0.25, 0.3) is 0 Å². The van der Waals surface area contributed by atoms with Gasteiger partial charge >= 0.3 is 0 Å². The second-order valence-electron chi connectivity index (χ2n) is 4.05. The largest absolute Gasteiger partial charge is 0.385 e. The van der Waals surface area contributed by atoms with Crippen molar-refractivity contribution in [3.8, 4) is 6.07 Å². The predicted octanol–water partition coefficient (Wildman–Crippen LogP) is 3.07. The molecule has 4 nitrogen and oxygen atoms in total. The molecule has 0 radical (unpaired) electrons. The van der Waals surface area contributed by atoms with Crippen molar-refractivity contribution in [2.45, 2.75) is 12.8 Å². The van der Waals surface area contributed by atoms with Crippen LogP contribution in [0.3, 0.4) is 0 Å². The number of benzene rings is 1. The SMILES string of the molecule is COCCOCCCCNc1ccc(C#N)c(Cl)c1. The normalized spacial score (nSPS) is 10.2. The molecule has 0 aromatic heterocycles. The van der Waals surface area contributed by atoms with Crippen LogP contribution in [0.15, 0.2) is 18.2 Å². The molecule has 0 unspecified atom stereocenters. The van der Waals surface area contributed by atoms with E-state index in [0.717, 1.165) is 31.7 Å². The van der Waals surface area contributed by atoms with Crippen LogP contribution in [0.1, 0.15) is 18.4 Å². The Morgan fingerprint density at radius 2 is 2.11 bits per heavy atom. The maximum Gasteiger partial charge on any atom is 0.101 e. The molecule has 0 aliphatic heterocycles. The van der Waals surface area contributed by atoms with Crippen molar-refractivity contribution in [3.05, 3.63) is 28.8 Å². The van der Waals surface area contributed by atoms with Crippen molar-refractivity contribution >= 4 is 17.3 Å². The third-order valence-electron chi connectivity index (χ3n) is 2.57. The second kappa shape index (κ2) is 9.62. The molecule has 1 aromatic carbocycles. The highest BCUT2D eigenvalue weighted by atomic mass is 35.5. The first-order valence-corrected chi connectivity index (χ1v) is 6.66. The van der Waals surface area contributed by atoms with Crippen molar-refractivity contribution in [2.24, 2.45) is 0 Å². The Hall–Kier alpha value is -1.28. The van der Waals surface area contributed by atoms with E-state index in [9.17, 15) is 0 Å². The number of halogens is 1. The van der Waals surface area contributed by atoms with E-state index < -0.39 is 0 Å². The second-order valence-corrected chi connectivity index (χ2v) is 4.45. The summed E-state index contributed by atoms with van der Waals surface area (Å²) in [5.74, 6) is 0. The molecule has 0 aliphatic rings. The molecule has 104 valence electrons. The summed E-state index contributed by atoms with van der Waals surface area (Å²) in [7, 11) is 1.66. The van der Waals surface area contributed by atoms with E-state index >= 15 is 0 Å². The Balaban J connectivity index is 2.13. The number of rotatable bonds is 9. The molecule has 0 spiro atoms. The number of anilines is 1. The first kappa shape index (κ1) is 15.8. The van der Waals surface area contributed by atoms with Crippen molar-refractivity contribution in [2.75, 3.05) is 38.8 Å². The fraction of sp³-hybridized carbons (Fsp3) is 0.500. The molecule has 0 aliphatic carbocycles. The van der Waals surface area contributed by atoms with Gasteiger partial charge in [0.2, 0.25) is 0 Å². The van der Waals surface area contributed by atoms with Gasteiger partial charge in [-0.3, -0.25) is 0 Å². The molecule has 0 saturated carbocycles. The summed E-state index contributed by atoms with van der Waals surface area (Å²) in [5.41, 5.74) is 1.43. The third-order valence-corrected chi connectivity index (χ3v) is 2.88. The minimum Gasteiger partial charge on any atom is -0.385 e. The Bertz CT molecular complexity index is 418. The van der Waals surface area contributed by atoms with Gasteiger partial charge in [-0.05, 0) is 31.0 Å². The standard InChI is InChI=1S/C14H19ClN2O2/c1-18-8-9-19-7-3-2-6-17-13-5-4-12(11-16)14(15)10-13/h4-5,10,17H,2-3,6-9H2,1H3. The van der Waals surface area contributed by atoms with Crippen molar-refractivity contribution in [1.82, 2.24) is 0 Å². The van der Waals surface area contributed by atoms with Crippen LogP contribution >= 0.6 is 11.6 Å². The highest BCUT2D eigenvalue weighted by Crippen LogP contribution is 2.20. The Morgan fingerprint density at radius 1 is 1.26 bits per heavy atom. The lowest BCUT2D eigenvalue weighted by atomic mass is 10.2. The van der Waals surface area contributed by atoms with Gasteiger partial charge in [-0.15, -0.1) is 0 Å². The highest BCUT2D eigenvalue weighted by molar-refractivity contribution is 6.32. The highest BCUT2D eigenvalue weighted by Gasteiger charge is 2.00. The number of hydrogen-bond donors (Lipinski definition) is 1. The summed E-state index contributed by atoms with van der Waals surface area (Å²) in [6.07, 6.45) is 2.02. The number of nitrogens with one attached hydrogen (secondary N) is 1. The first-order chi connectivity index (χ1) is 9.27. The van der Waals surface area contributed by atoms with E-state index in [0.29, 0.717) is 23.8 Å². The van der Waals surface area contributed by atoms with Gasteiger partial charge in [0, 0.05) is 25.9 Å². The molecular weight excluding hydrogens is 264 g/mol. The van der Waals surface area contributed by atoms with Crippen LogP contribution < -0.4 is 5.32 Å². The van der Waals surface area contributed by atoms with Crippen LogP contribution in [0.4, 0.5) is 5.69 Å². The van der Waals surface area contributed by atoms with E-state index in [4.69, 9.17) is 26.3 Å². The van der Waals surface area contributed by atoms with E-state index in [1.165, 1.54) is 0 Å². The number of unbranched alkanes of at least 4 members (excludes halogenated alkanes) is 1. The molecule has 0 atom stereocenters. The fourth-order valence-corrected chi connectivity index (χ4v) is 1.74. The van der Waals surface area contributed by atoms with Gasteiger partial charge in [-0.25, -0.2) is 0 Å². The number of ether oxygens (including phenoxy) is 2. The van der Waals surface area contributed by atoms with Crippen molar-refractivity contribution in [1.29, 1.82) is 5.26 Å². The van der Waals surface area contributed by atoms with Gasteiger partial charge in [0.1, 0.15) is 6.07 Å². The van der Waals surface area contributed by atoms with E-state index in [2.05, 4.69) is 5.32 Å². The molecule has 0 heterocycles. The van der Waals surface area contributed by atoms with Gasteiger partial charge in [0.05, 0.1) is 23.8 Å². The Labute approximate surface area is 119 Å². The number of nitrogens with zero attached hydrogens (tertiary/aromatic N) is 1. The number of hydrogen-bond acceptors (Lipinski definition) is 4. The van der Waals surface area contributed by atoms with Crippen LogP contribution in [0.2, 0.25) is 5.02 Å². The molecule has 19 heavy (non-hydrogen) atoms. The maximum absolute atomic E-state index is 8.77. The predicted molar refractivity (Wildman–Crippen MR) is 76.6 cm³/mol. The molecule has 0 saturated heterocycles. The molecule has 0 bridgehead atoms. The van der Waals surface area contributed by atoms with Gasteiger partial charge in [0.25, 0.3) is 0 Å². The minimum absolute atomic E-state index is 0.482. The molecule has 1 N–H and O–H groups in total.